The zero-order chi connectivity index (χ0) is 11.2. The van der Waals surface area contributed by atoms with Crippen molar-refractivity contribution in [3.05, 3.63) is 0 Å². The van der Waals surface area contributed by atoms with Crippen LogP contribution in [0.3, 0.4) is 0 Å². The maximum Gasteiger partial charge on any atom is 0.306 e. The molecule has 0 aromatic carbocycles. The first-order chi connectivity index (χ1) is 7.00. The molecule has 1 aliphatic carbocycles. The van der Waals surface area contributed by atoms with E-state index in [1.54, 1.807) is 0 Å². The van der Waals surface area contributed by atoms with Gasteiger partial charge in [-0.1, -0.05) is 0 Å². The molecule has 86 valence electrons. The molecule has 4 N–H and O–H groups in total. The Kier molecular flexibility index (Phi) is 2.46. The molecule has 2 rings (SSSR count). The lowest BCUT2D eigenvalue weighted by atomic mass is 9.83. The zero-order valence-electron chi connectivity index (χ0n) is 8.04. The van der Waals surface area contributed by atoms with Gasteiger partial charge in [0.25, 0.3) is 0 Å². The van der Waals surface area contributed by atoms with Gasteiger partial charge in [-0.25, -0.2) is 0 Å². The van der Waals surface area contributed by atoms with Crippen molar-refractivity contribution in [2.24, 2.45) is 11.8 Å². The summed E-state index contributed by atoms with van der Waals surface area (Å²) in [6, 6.07) is 0. The summed E-state index contributed by atoms with van der Waals surface area (Å²) in [4.78, 5) is 11.0. The van der Waals surface area contributed by atoms with Crippen molar-refractivity contribution >= 4 is 5.97 Å². The maximum atomic E-state index is 11.0. The van der Waals surface area contributed by atoms with E-state index in [0.29, 0.717) is 0 Å². The molecule has 0 amide bonds. The quantitative estimate of drug-likeness (QED) is 0.366. The summed E-state index contributed by atoms with van der Waals surface area (Å²) in [5, 5.41) is 38.3. The largest absolute Gasteiger partial charge is 0.465 e. The van der Waals surface area contributed by atoms with Gasteiger partial charge in [-0.05, 0) is 0 Å². The van der Waals surface area contributed by atoms with Gasteiger partial charge in [0.15, 0.2) is 0 Å². The first-order valence-electron chi connectivity index (χ1n) is 4.85. The number of hydrogen-bond donors (Lipinski definition) is 4. The third kappa shape index (κ3) is 1.37. The lowest BCUT2D eigenvalue weighted by Gasteiger charge is -2.33. The number of carbonyl (C=O) groups is 1. The van der Waals surface area contributed by atoms with Gasteiger partial charge in [-0.2, -0.15) is 0 Å². The molecule has 1 saturated carbocycles. The number of ether oxygens (including phenoxy) is 1. The summed E-state index contributed by atoms with van der Waals surface area (Å²) < 4.78 is 4.75. The Bertz CT molecular complexity index is 280. The molecule has 0 aromatic heterocycles. The number of hydrogen-bond acceptors (Lipinski definition) is 6. The number of carbonyl (C=O) groups excluding carboxylic acids is 1. The minimum Gasteiger partial charge on any atom is -0.465 e. The van der Waals surface area contributed by atoms with Crippen molar-refractivity contribution in [1.82, 2.24) is 0 Å². The van der Waals surface area contributed by atoms with Crippen molar-refractivity contribution in [3.8, 4) is 0 Å². The molecule has 0 unspecified atom stereocenters. The van der Waals surface area contributed by atoms with Crippen LogP contribution in [-0.4, -0.2) is 57.4 Å². The molecule has 6 heteroatoms. The molecule has 1 saturated heterocycles. The van der Waals surface area contributed by atoms with Gasteiger partial charge in [0.2, 0.25) is 0 Å². The molecule has 0 bridgehead atoms. The van der Waals surface area contributed by atoms with Gasteiger partial charge >= 0.3 is 5.97 Å². The average molecular weight is 218 g/mol. The van der Waals surface area contributed by atoms with Crippen LogP contribution in [0.4, 0.5) is 0 Å². The number of rotatable bonds is 1. The second-order valence-electron chi connectivity index (χ2n) is 4.24. The summed E-state index contributed by atoms with van der Waals surface area (Å²) in [6.45, 7) is -0.737. The van der Waals surface area contributed by atoms with Crippen LogP contribution >= 0.6 is 0 Å². The van der Waals surface area contributed by atoms with Gasteiger partial charge in [0, 0.05) is 11.8 Å². The first kappa shape index (κ1) is 10.8. The second-order valence-corrected chi connectivity index (χ2v) is 4.24. The smallest absolute Gasteiger partial charge is 0.306 e. The molecule has 2 fully saturated rings. The van der Waals surface area contributed by atoms with Gasteiger partial charge < -0.3 is 25.2 Å². The fourth-order valence-corrected chi connectivity index (χ4v) is 2.53. The van der Waals surface area contributed by atoms with Crippen molar-refractivity contribution in [3.63, 3.8) is 0 Å². The van der Waals surface area contributed by atoms with Crippen LogP contribution in [0.5, 0.6) is 0 Å². The Balaban J connectivity index is 2.28. The molecule has 6 nitrogen and oxygen atoms in total. The molecule has 15 heavy (non-hydrogen) atoms. The highest BCUT2D eigenvalue weighted by molar-refractivity contribution is 5.70. The second kappa shape index (κ2) is 3.41. The minimum absolute atomic E-state index is 0.0365. The lowest BCUT2D eigenvalue weighted by Crippen LogP contribution is -2.51. The Morgan fingerprint density at radius 3 is 2.73 bits per heavy atom. The van der Waals surface area contributed by atoms with Crippen LogP contribution in [0, 0.1) is 11.8 Å². The fraction of sp³-hybridized carbons (Fsp3) is 0.889. The summed E-state index contributed by atoms with van der Waals surface area (Å²) in [5.74, 6) is -1.60. The van der Waals surface area contributed by atoms with Crippen molar-refractivity contribution < 1.29 is 30.0 Å². The molecule has 0 spiro atoms. The number of aliphatic hydroxyl groups excluding tert-OH is 3. The molecule has 2 aliphatic rings. The molecule has 0 aromatic rings. The van der Waals surface area contributed by atoms with Crippen molar-refractivity contribution in [2.45, 2.75) is 24.2 Å². The number of cyclic esters (lactones) is 1. The topological polar surface area (TPSA) is 107 Å². The lowest BCUT2D eigenvalue weighted by molar-refractivity contribution is -0.165. The van der Waals surface area contributed by atoms with Crippen molar-refractivity contribution in [1.29, 1.82) is 0 Å². The van der Waals surface area contributed by atoms with Crippen LogP contribution < -0.4 is 0 Å². The molecule has 1 aliphatic heterocycles. The predicted molar refractivity (Wildman–Crippen MR) is 46.6 cm³/mol. The van der Waals surface area contributed by atoms with E-state index < -0.39 is 42.2 Å². The first-order valence-corrected chi connectivity index (χ1v) is 4.85. The summed E-state index contributed by atoms with van der Waals surface area (Å²) in [5.41, 5.74) is -1.77. The normalized spacial score (nSPS) is 50.0. The highest BCUT2D eigenvalue weighted by Crippen LogP contribution is 2.44. The Morgan fingerprint density at radius 2 is 2.13 bits per heavy atom. The average Bonchev–Trinajstić information content (AvgIpc) is 2.42. The van der Waals surface area contributed by atoms with Crippen molar-refractivity contribution in [2.75, 3.05) is 13.2 Å². The van der Waals surface area contributed by atoms with E-state index in [1.165, 1.54) is 0 Å². The van der Waals surface area contributed by atoms with E-state index in [1.807, 2.05) is 0 Å². The molecule has 1 heterocycles. The third-order valence-corrected chi connectivity index (χ3v) is 3.51. The van der Waals surface area contributed by atoms with Crippen LogP contribution in [-0.2, 0) is 9.53 Å². The Hall–Kier alpha value is -0.690. The standard InChI is InChI=1S/C9H14O6/c10-3-9(14)5-2-15-6(11)1-4(5)7(12)8(9)13/h4-5,7-8,10,12-14H,1-3H2/t4-,5+,7+,8+,9+/m1/s1. The third-order valence-electron chi connectivity index (χ3n) is 3.51. The van der Waals surface area contributed by atoms with Crippen LogP contribution in [0.15, 0.2) is 0 Å². The van der Waals surface area contributed by atoms with E-state index in [-0.39, 0.29) is 13.0 Å². The van der Waals surface area contributed by atoms with Gasteiger partial charge in [0.1, 0.15) is 11.7 Å². The summed E-state index contributed by atoms with van der Waals surface area (Å²) in [6.07, 6.45) is -2.67. The van der Waals surface area contributed by atoms with E-state index in [9.17, 15) is 20.1 Å². The number of esters is 1. The van der Waals surface area contributed by atoms with E-state index in [0.717, 1.165) is 0 Å². The SMILES string of the molecule is O=C1C[C@H]2[C@H](O)[C@H](O)[C@](O)(CO)[C@H]2CO1. The number of aliphatic hydroxyl groups is 4. The fourth-order valence-electron chi connectivity index (χ4n) is 2.53. The molecule has 5 atom stereocenters. The van der Waals surface area contributed by atoms with E-state index >= 15 is 0 Å². The van der Waals surface area contributed by atoms with Crippen LogP contribution in [0.1, 0.15) is 6.42 Å². The molecular formula is C9H14O6. The zero-order valence-corrected chi connectivity index (χ0v) is 8.04. The number of fused-ring (bicyclic) bond motifs is 1. The van der Waals surface area contributed by atoms with E-state index in [4.69, 9.17) is 9.84 Å². The molecule has 0 radical (unpaired) electrons. The monoisotopic (exact) mass is 218 g/mol. The maximum absolute atomic E-state index is 11.0. The van der Waals surface area contributed by atoms with Gasteiger partial charge in [0.05, 0.1) is 25.7 Å². The van der Waals surface area contributed by atoms with Gasteiger partial charge in [-0.15, -0.1) is 0 Å². The van der Waals surface area contributed by atoms with Crippen LogP contribution in [0.25, 0.3) is 0 Å². The Morgan fingerprint density at radius 1 is 1.47 bits per heavy atom. The Labute approximate surface area is 86.1 Å². The summed E-state index contributed by atoms with van der Waals surface area (Å²) in [7, 11) is 0. The highest BCUT2D eigenvalue weighted by Gasteiger charge is 2.60. The summed E-state index contributed by atoms with van der Waals surface area (Å²) >= 11 is 0. The highest BCUT2D eigenvalue weighted by atomic mass is 16.5. The predicted octanol–water partition coefficient (Wildman–Crippen LogP) is -2.38. The van der Waals surface area contributed by atoms with E-state index in [2.05, 4.69) is 0 Å². The molecular weight excluding hydrogens is 204 g/mol. The van der Waals surface area contributed by atoms with Gasteiger partial charge in [-0.3, -0.25) is 4.79 Å². The minimum atomic E-state index is -1.77. The van der Waals surface area contributed by atoms with Crippen LogP contribution in [0.2, 0.25) is 0 Å².